The van der Waals surface area contributed by atoms with Gasteiger partial charge in [0.2, 0.25) is 0 Å². The van der Waals surface area contributed by atoms with Crippen molar-refractivity contribution in [3.8, 4) is 0 Å². The van der Waals surface area contributed by atoms with E-state index in [0.29, 0.717) is 16.7 Å². The Morgan fingerprint density at radius 3 is 2.43 bits per heavy atom. The zero-order chi connectivity index (χ0) is 21.7. The van der Waals surface area contributed by atoms with Gasteiger partial charge in [0.05, 0.1) is 6.10 Å². The van der Waals surface area contributed by atoms with Crippen molar-refractivity contribution >= 4 is 0 Å². The SMILES string of the molecule is CCC1C(O)CC[C@]2(C)C3=C(CCC12)[C@@H]1CC[C@H]([C@H](C)CCCC(C)C)[C@@]1(C)CC3. The summed E-state index contributed by atoms with van der Waals surface area (Å²) >= 11 is 0. The second-order valence-electron chi connectivity index (χ2n) is 12.8. The molecule has 0 aromatic carbocycles. The molecule has 0 aliphatic heterocycles. The van der Waals surface area contributed by atoms with Crippen LogP contribution in [0.3, 0.4) is 0 Å². The van der Waals surface area contributed by atoms with Crippen LogP contribution in [0.4, 0.5) is 0 Å². The van der Waals surface area contributed by atoms with E-state index in [-0.39, 0.29) is 6.10 Å². The number of hydrogen-bond acceptors (Lipinski definition) is 1. The van der Waals surface area contributed by atoms with Crippen LogP contribution < -0.4 is 0 Å². The number of hydrogen-bond donors (Lipinski definition) is 1. The molecule has 0 bridgehead atoms. The molecule has 1 heteroatoms. The second-order valence-corrected chi connectivity index (χ2v) is 12.8. The van der Waals surface area contributed by atoms with E-state index in [1.807, 2.05) is 11.1 Å². The van der Waals surface area contributed by atoms with Crippen LogP contribution in [0.1, 0.15) is 119 Å². The monoisotopic (exact) mass is 414 g/mol. The van der Waals surface area contributed by atoms with Crippen molar-refractivity contribution in [2.24, 2.45) is 46.3 Å². The van der Waals surface area contributed by atoms with Crippen molar-refractivity contribution < 1.29 is 5.11 Å². The highest BCUT2D eigenvalue weighted by atomic mass is 16.3. The number of rotatable bonds is 6. The minimum atomic E-state index is -0.0494. The summed E-state index contributed by atoms with van der Waals surface area (Å²) in [5.74, 6) is 4.80. The molecule has 0 amide bonds. The number of allylic oxidation sites excluding steroid dienone is 2. The quantitative estimate of drug-likeness (QED) is 0.434. The Morgan fingerprint density at radius 1 is 0.967 bits per heavy atom. The molecule has 1 nitrogen and oxygen atoms in total. The molecular formula is C29H50O. The Morgan fingerprint density at radius 2 is 1.73 bits per heavy atom. The van der Waals surface area contributed by atoms with Gasteiger partial charge in [0.1, 0.15) is 0 Å². The van der Waals surface area contributed by atoms with Gasteiger partial charge in [-0.3, -0.25) is 0 Å². The molecule has 30 heavy (non-hydrogen) atoms. The lowest BCUT2D eigenvalue weighted by atomic mass is 9.48. The molecule has 0 saturated heterocycles. The molecule has 2 saturated carbocycles. The fourth-order valence-corrected chi connectivity index (χ4v) is 9.29. The summed E-state index contributed by atoms with van der Waals surface area (Å²) < 4.78 is 0. The Bertz CT molecular complexity index is 647. The molecule has 1 N–H and O–H groups in total. The average molecular weight is 415 g/mol. The van der Waals surface area contributed by atoms with Gasteiger partial charge in [-0.1, -0.05) is 78.4 Å². The van der Waals surface area contributed by atoms with Crippen molar-refractivity contribution in [3.63, 3.8) is 0 Å². The first-order valence-corrected chi connectivity index (χ1v) is 13.6. The van der Waals surface area contributed by atoms with Crippen LogP contribution in [0.15, 0.2) is 11.1 Å². The molecule has 0 heterocycles. The topological polar surface area (TPSA) is 20.2 Å². The molecule has 4 aliphatic carbocycles. The maximum Gasteiger partial charge on any atom is 0.0571 e. The number of aliphatic hydroxyl groups is 1. The smallest absolute Gasteiger partial charge is 0.0571 e. The molecule has 0 aromatic heterocycles. The van der Waals surface area contributed by atoms with Gasteiger partial charge in [0, 0.05) is 0 Å². The molecular weight excluding hydrogens is 364 g/mol. The third-order valence-electron chi connectivity index (χ3n) is 10.9. The van der Waals surface area contributed by atoms with Crippen LogP contribution in [-0.2, 0) is 0 Å². The average Bonchev–Trinajstić information content (AvgIpc) is 3.05. The Kier molecular flexibility index (Phi) is 6.53. The molecule has 0 radical (unpaired) electrons. The first-order valence-electron chi connectivity index (χ1n) is 13.6. The first-order chi connectivity index (χ1) is 14.2. The van der Waals surface area contributed by atoms with Crippen LogP contribution in [0.25, 0.3) is 0 Å². The van der Waals surface area contributed by atoms with Crippen molar-refractivity contribution in [1.29, 1.82) is 0 Å². The maximum absolute atomic E-state index is 10.7. The highest BCUT2D eigenvalue weighted by molar-refractivity contribution is 5.34. The van der Waals surface area contributed by atoms with Crippen molar-refractivity contribution in [1.82, 2.24) is 0 Å². The van der Waals surface area contributed by atoms with Gasteiger partial charge in [0.15, 0.2) is 0 Å². The van der Waals surface area contributed by atoms with Gasteiger partial charge in [-0.15, -0.1) is 0 Å². The molecule has 3 unspecified atom stereocenters. The summed E-state index contributed by atoms with van der Waals surface area (Å²) in [4.78, 5) is 0. The maximum atomic E-state index is 10.7. The first kappa shape index (κ1) is 22.9. The fourth-order valence-electron chi connectivity index (χ4n) is 9.29. The van der Waals surface area contributed by atoms with Crippen LogP contribution in [0.2, 0.25) is 0 Å². The molecule has 0 spiro atoms. The van der Waals surface area contributed by atoms with E-state index >= 15 is 0 Å². The van der Waals surface area contributed by atoms with E-state index in [9.17, 15) is 5.11 Å². The van der Waals surface area contributed by atoms with Gasteiger partial charge < -0.3 is 5.11 Å². The molecule has 4 rings (SSSR count). The van der Waals surface area contributed by atoms with E-state index in [4.69, 9.17) is 0 Å². The molecule has 0 aromatic rings. The van der Waals surface area contributed by atoms with Gasteiger partial charge in [-0.25, -0.2) is 0 Å². The lowest BCUT2D eigenvalue weighted by Crippen LogP contribution is -2.49. The normalized spacial score (nSPS) is 44.6. The highest BCUT2D eigenvalue weighted by Gasteiger charge is 2.57. The standard InChI is InChI=1S/C29H50O/c1-7-21-24-12-11-22-25-14-13-23(20(4)10-8-9-19(2)3)28(25,5)17-15-26(22)29(24,6)18-16-27(21)30/h19-21,23-25,27,30H,7-18H2,1-6H3/t20-,21?,23-,24?,25+,27?,28-,29+/m1/s1. The van der Waals surface area contributed by atoms with Crippen LogP contribution in [0.5, 0.6) is 0 Å². The largest absolute Gasteiger partial charge is 0.393 e. The molecule has 8 atom stereocenters. The molecule has 4 aliphatic rings. The van der Waals surface area contributed by atoms with Gasteiger partial charge in [-0.2, -0.15) is 0 Å². The Labute approximate surface area is 187 Å². The third-order valence-corrected chi connectivity index (χ3v) is 10.9. The third kappa shape index (κ3) is 3.64. The van der Waals surface area contributed by atoms with Crippen LogP contribution in [0, 0.1) is 46.3 Å². The van der Waals surface area contributed by atoms with Crippen molar-refractivity contribution in [2.45, 2.75) is 125 Å². The van der Waals surface area contributed by atoms with E-state index in [1.165, 1.54) is 64.2 Å². The zero-order valence-electron chi connectivity index (χ0n) is 21.0. The van der Waals surface area contributed by atoms with E-state index in [1.54, 1.807) is 0 Å². The lowest BCUT2D eigenvalue weighted by molar-refractivity contribution is -0.0429. The summed E-state index contributed by atoms with van der Waals surface area (Å²) in [6.45, 7) is 14.9. The number of fused-ring (bicyclic) bond motifs is 4. The lowest BCUT2D eigenvalue weighted by Gasteiger charge is -2.57. The summed E-state index contributed by atoms with van der Waals surface area (Å²) in [5.41, 5.74) is 4.75. The minimum absolute atomic E-state index is 0.0494. The predicted octanol–water partition coefficient (Wildman–Crippen LogP) is 8.17. The second kappa shape index (κ2) is 8.57. The van der Waals surface area contributed by atoms with E-state index < -0.39 is 0 Å². The summed E-state index contributed by atoms with van der Waals surface area (Å²) in [5, 5.41) is 10.7. The van der Waals surface area contributed by atoms with Gasteiger partial charge >= 0.3 is 0 Å². The predicted molar refractivity (Wildman–Crippen MR) is 128 cm³/mol. The van der Waals surface area contributed by atoms with Gasteiger partial charge in [0.25, 0.3) is 0 Å². The minimum Gasteiger partial charge on any atom is -0.393 e. The summed E-state index contributed by atoms with van der Waals surface area (Å²) in [6.07, 6.45) is 16.0. The summed E-state index contributed by atoms with van der Waals surface area (Å²) in [6, 6.07) is 0. The Hall–Kier alpha value is -0.300. The van der Waals surface area contributed by atoms with Crippen molar-refractivity contribution in [3.05, 3.63) is 11.1 Å². The molecule has 172 valence electrons. The fraction of sp³-hybridized carbons (Fsp3) is 0.931. The van der Waals surface area contributed by atoms with E-state index in [0.717, 1.165) is 42.4 Å². The Balaban J connectivity index is 1.55. The van der Waals surface area contributed by atoms with Crippen molar-refractivity contribution in [2.75, 3.05) is 0 Å². The van der Waals surface area contributed by atoms with Gasteiger partial charge in [-0.05, 0) is 97.7 Å². The molecule has 2 fully saturated rings. The number of aliphatic hydroxyl groups excluding tert-OH is 1. The summed E-state index contributed by atoms with van der Waals surface area (Å²) in [7, 11) is 0. The zero-order valence-corrected chi connectivity index (χ0v) is 21.0. The van der Waals surface area contributed by atoms with Crippen LogP contribution >= 0.6 is 0 Å². The highest BCUT2D eigenvalue weighted by Crippen LogP contribution is 2.66. The van der Waals surface area contributed by atoms with Crippen LogP contribution in [-0.4, -0.2) is 11.2 Å². The van der Waals surface area contributed by atoms with E-state index in [2.05, 4.69) is 41.5 Å².